The Hall–Kier alpha value is -1.60. The molecular weight excluding hydrogens is 268 g/mol. The van der Waals surface area contributed by atoms with Crippen molar-refractivity contribution in [3.8, 4) is 5.75 Å². The number of fused-ring (bicyclic) bond motifs is 1. The first-order chi connectivity index (χ1) is 8.94. The van der Waals surface area contributed by atoms with Gasteiger partial charge in [0.15, 0.2) is 0 Å². The highest BCUT2D eigenvalue weighted by Crippen LogP contribution is 2.23. The number of rotatable bonds is 4. The minimum absolute atomic E-state index is 0.135. The summed E-state index contributed by atoms with van der Waals surface area (Å²) < 4.78 is 29.4. The Labute approximate surface area is 112 Å². The molecule has 1 atom stereocenters. The Balaban J connectivity index is 1.87. The van der Waals surface area contributed by atoms with Crippen LogP contribution >= 0.6 is 0 Å². The number of hydrogen-bond acceptors (Lipinski definition) is 4. The minimum atomic E-state index is -3.35. The van der Waals surface area contributed by atoms with E-state index in [4.69, 9.17) is 4.74 Å². The molecule has 2 N–H and O–H groups in total. The Kier molecular flexibility index (Phi) is 4.06. The van der Waals surface area contributed by atoms with E-state index in [1.807, 2.05) is 24.3 Å². The molecule has 1 heterocycles. The standard InChI is InChI=1S/C12H16N2O4S/c1-19(16,17)13-7-12(15)14-10-6-9-4-2-3-5-11(9)18-8-10/h2-5,10,13H,6-8H2,1H3,(H,14,15)/t10-/m0/s1. The lowest BCUT2D eigenvalue weighted by Gasteiger charge is -2.26. The monoisotopic (exact) mass is 284 g/mol. The summed E-state index contributed by atoms with van der Waals surface area (Å²) in [6.07, 6.45) is 1.70. The zero-order valence-electron chi connectivity index (χ0n) is 10.5. The van der Waals surface area contributed by atoms with Gasteiger partial charge < -0.3 is 10.1 Å². The zero-order chi connectivity index (χ0) is 13.9. The third kappa shape index (κ3) is 4.22. The Bertz CT molecular complexity index is 571. The van der Waals surface area contributed by atoms with Gasteiger partial charge in [0.25, 0.3) is 0 Å². The molecule has 0 unspecified atom stereocenters. The van der Waals surface area contributed by atoms with E-state index in [-0.39, 0.29) is 18.5 Å². The van der Waals surface area contributed by atoms with Crippen molar-refractivity contribution in [2.45, 2.75) is 12.5 Å². The molecular formula is C12H16N2O4S. The van der Waals surface area contributed by atoms with Crippen LogP contribution in [0.15, 0.2) is 24.3 Å². The largest absolute Gasteiger partial charge is 0.491 e. The van der Waals surface area contributed by atoms with Gasteiger partial charge >= 0.3 is 0 Å². The minimum Gasteiger partial charge on any atom is -0.491 e. The van der Waals surface area contributed by atoms with Crippen molar-refractivity contribution < 1.29 is 17.9 Å². The van der Waals surface area contributed by atoms with Crippen molar-refractivity contribution in [1.29, 1.82) is 0 Å². The van der Waals surface area contributed by atoms with E-state index < -0.39 is 10.0 Å². The number of para-hydroxylation sites is 1. The molecule has 1 aliphatic rings. The number of nitrogens with one attached hydrogen (secondary N) is 2. The van der Waals surface area contributed by atoms with Crippen LogP contribution in [0.2, 0.25) is 0 Å². The first-order valence-electron chi connectivity index (χ1n) is 5.89. The van der Waals surface area contributed by atoms with E-state index in [0.717, 1.165) is 17.6 Å². The van der Waals surface area contributed by atoms with Crippen LogP contribution in [0.25, 0.3) is 0 Å². The summed E-state index contributed by atoms with van der Waals surface area (Å²) in [4.78, 5) is 11.6. The van der Waals surface area contributed by atoms with Crippen LogP contribution in [0, 0.1) is 0 Å². The predicted molar refractivity (Wildman–Crippen MR) is 70.4 cm³/mol. The molecule has 0 aromatic heterocycles. The average molecular weight is 284 g/mol. The van der Waals surface area contributed by atoms with E-state index >= 15 is 0 Å². The fourth-order valence-electron chi connectivity index (χ4n) is 1.90. The lowest BCUT2D eigenvalue weighted by Crippen LogP contribution is -2.46. The molecule has 1 aromatic carbocycles. The molecule has 2 rings (SSSR count). The van der Waals surface area contributed by atoms with Crippen LogP contribution in [-0.2, 0) is 21.2 Å². The summed E-state index contributed by atoms with van der Waals surface area (Å²) in [5, 5.41) is 2.74. The molecule has 0 spiro atoms. The summed E-state index contributed by atoms with van der Waals surface area (Å²) in [6, 6.07) is 7.51. The molecule has 1 aliphatic heterocycles. The van der Waals surface area contributed by atoms with Crippen molar-refractivity contribution in [1.82, 2.24) is 10.0 Å². The molecule has 0 fully saturated rings. The summed E-state index contributed by atoms with van der Waals surface area (Å²) in [6.45, 7) is 0.138. The van der Waals surface area contributed by atoms with Crippen LogP contribution in [0.1, 0.15) is 5.56 Å². The van der Waals surface area contributed by atoms with Crippen molar-refractivity contribution in [3.05, 3.63) is 29.8 Å². The lowest BCUT2D eigenvalue weighted by atomic mass is 10.0. The van der Waals surface area contributed by atoms with Gasteiger partial charge in [0, 0.05) is 0 Å². The molecule has 104 valence electrons. The van der Waals surface area contributed by atoms with Crippen molar-refractivity contribution in [2.75, 3.05) is 19.4 Å². The van der Waals surface area contributed by atoms with Gasteiger partial charge in [0.1, 0.15) is 12.4 Å². The van der Waals surface area contributed by atoms with Gasteiger partial charge in [-0.1, -0.05) is 18.2 Å². The van der Waals surface area contributed by atoms with E-state index in [1.165, 1.54) is 0 Å². The molecule has 0 aliphatic carbocycles. The van der Waals surface area contributed by atoms with Gasteiger partial charge in [0.05, 0.1) is 18.8 Å². The average Bonchev–Trinajstić information content (AvgIpc) is 2.35. The topological polar surface area (TPSA) is 84.5 Å². The number of carbonyl (C=O) groups is 1. The fraction of sp³-hybridized carbons (Fsp3) is 0.417. The number of ether oxygens (including phenoxy) is 1. The second-order valence-electron chi connectivity index (χ2n) is 4.48. The Morgan fingerprint density at radius 3 is 2.89 bits per heavy atom. The summed E-state index contributed by atoms with van der Waals surface area (Å²) in [7, 11) is -3.35. The van der Waals surface area contributed by atoms with Gasteiger partial charge in [-0.15, -0.1) is 0 Å². The van der Waals surface area contributed by atoms with Crippen molar-refractivity contribution in [3.63, 3.8) is 0 Å². The molecule has 19 heavy (non-hydrogen) atoms. The maximum atomic E-state index is 11.6. The maximum absolute atomic E-state index is 11.6. The van der Waals surface area contributed by atoms with Gasteiger partial charge in [-0.2, -0.15) is 0 Å². The number of carbonyl (C=O) groups excluding carboxylic acids is 1. The summed E-state index contributed by atoms with van der Waals surface area (Å²) in [5.41, 5.74) is 1.04. The molecule has 0 saturated heterocycles. The Morgan fingerprint density at radius 1 is 1.42 bits per heavy atom. The second kappa shape index (κ2) is 5.58. The van der Waals surface area contributed by atoms with E-state index in [2.05, 4.69) is 10.0 Å². The van der Waals surface area contributed by atoms with Crippen LogP contribution < -0.4 is 14.8 Å². The van der Waals surface area contributed by atoms with Crippen LogP contribution in [0.3, 0.4) is 0 Å². The highest BCUT2D eigenvalue weighted by Gasteiger charge is 2.21. The second-order valence-corrected chi connectivity index (χ2v) is 6.31. The molecule has 1 amide bonds. The van der Waals surface area contributed by atoms with E-state index in [1.54, 1.807) is 0 Å². The fourth-order valence-corrected chi connectivity index (χ4v) is 2.29. The first-order valence-corrected chi connectivity index (χ1v) is 7.78. The van der Waals surface area contributed by atoms with Crippen molar-refractivity contribution in [2.24, 2.45) is 0 Å². The van der Waals surface area contributed by atoms with Gasteiger partial charge in [-0.05, 0) is 18.1 Å². The van der Waals surface area contributed by atoms with E-state index in [0.29, 0.717) is 13.0 Å². The van der Waals surface area contributed by atoms with Gasteiger partial charge in [-0.25, -0.2) is 13.1 Å². The highest BCUT2D eigenvalue weighted by molar-refractivity contribution is 7.88. The van der Waals surface area contributed by atoms with Crippen LogP contribution in [0.4, 0.5) is 0 Å². The molecule has 0 bridgehead atoms. The van der Waals surface area contributed by atoms with Crippen LogP contribution in [-0.4, -0.2) is 39.8 Å². The normalized spacial score (nSPS) is 18.3. The third-order valence-corrected chi connectivity index (χ3v) is 3.41. The number of sulfonamides is 1. The van der Waals surface area contributed by atoms with Gasteiger partial charge in [0.2, 0.25) is 15.9 Å². The molecule has 0 saturated carbocycles. The molecule has 0 radical (unpaired) electrons. The van der Waals surface area contributed by atoms with E-state index in [9.17, 15) is 13.2 Å². The smallest absolute Gasteiger partial charge is 0.235 e. The molecule has 1 aromatic rings. The SMILES string of the molecule is CS(=O)(=O)NCC(=O)N[C@@H]1COc2ccccc2C1. The van der Waals surface area contributed by atoms with Crippen LogP contribution in [0.5, 0.6) is 5.75 Å². The predicted octanol–water partition coefficient (Wildman–Crippen LogP) is -0.344. The summed E-state index contributed by atoms with van der Waals surface area (Å²) >= 11 is 0. The number of benzene rings is 1. The number of hydrogen-bond donors (Lipinski definition) is 2. The zero-order valence-corrected chi connectivity index (χ0v) is 11.4. The first kappa shape index (κ1) is 13.8. The molecule has 7 heteroatoms. The third-order valence-electron chi connectivity index (χ3n) is 2.74. The molecule has 6 nitrogen and oxygen atoms in total. The Morgan fingerprint density at radius 2 is 2.16 bits per heavy atom. The quantitative estimate of drug-likeness (QED) is 0.792. The summed E-state index contributed by atoms with van der Waals surface area (Å²) in [5.74, 6) is 0.473. The highest BCUT2D eigenvalue weighted by atomic mass is 32.2. The number of amides is 1. The van der Waals surface area contributed by atoms with Gasteiger partial charge in [-0.3, -0.25) is 4.79 Å². The lowest BCUT2D eigenvalue weighted by molar-refractivity contribution is -0.120. The maximum Gasteiger partial charge on any atom is 0.235 e. The van der Waals surface area contributed by atoms with Crippen molar-refractivity contribution >= 4 is 15.9 Å².